The fourth-order valence-corrected chi connectivity index (χ4v) is 2.79. The van der Waals surface area contributed by atoms with E-state index in [1.807, 2.05) is 24.3 Å². The summed E-state index contributed by atoms with van der Waals surface area (Å²) in [6.07, 6.45) is 3.13. The van der Waals surface area contributed by atoms with Gasteiger partial charge < -0.3 is 4.74 Å². The van der Waals surface area contributed by atoms with Gasteiger partial charge in [0.25, 0.3) is 0 Å². The number of ether oxygens (including phenoxy) is 1. The van der Waals surface area contributed by atoms with Crippen LogP contribution in [0.15, 0.2) is 43.0 Å². The second kappa shape index (κ2) is 7.36. The van der Waals surface area contributed by atoms with E-state index in [1.165, 1.54) is 0 Å². The number of hydrogen-bond acceptors (Lipinski definition) is 3. The third kappa shape index (κ3) is 4.02. The number of rotatable bonds is 6. The molecule has 1 aromatic carbocycles. The van der Waals surface area contributed by atoms with Crippen molar-refractivity contribution in [3.63, 3.8) is 0 Å². The summed E-state index contributed by atoms with van der Waals surface area (Å²) in [6, 6.07) is 10.6. The van der Waals surface area contributed by atoms with E-state index in [4.69, 9.17) is 4.74 Å². The quantitative estimate of drug-likeness (QED) is 0.746. The summed E-state index contributed by atoms with van der Waals surface area (Å²) >= 11 is 0. The normalized spacial score (nSPS) is 23.8. The summed E-state index contributed by atoms with van der Waals surface area (Å²) in [4.78, 5) is 14.1. The molecule has 1 aliphatic rings. The number of carbonyl (C=O) groups is 1. The van der Waals surface area contributed by atoms with E-state index in [0.717, 1.165) is 12.1 Å². The molecule has 0 spiro atoms. The van der Waals surface area contributed by atoms with Gasteiger partial charge in [0.15, 0.2) is 0 Å². The Balaban J connectivity index is 1.88. The molecule has 0 aliphatic carbocycles. The van der Waals surface area contributed by atoms with Crippen LogP contribution < -0.4 is 0 Å². The zero-order valence-electron chi connectivity index (χ0n) is 12.1. The van der Waals surface area contributed by atoms with E-state index >= 15 is 0 Å². The Morgan fingerprint density at radius 3 is 2.80 bits per heavy atom. The van der Waals surface area contributed by atoms with Gasteiger partial charge in [-0.25, -0.2) is 0 Å². The summed E-state index contributed by atoms with van der Waals surface area (Å²) in [6.45, 7) is 7.91. The molecular weight excluding hydrogens is 250 g/mol. The lowest BCUT2D eigenvalue weighted by molar-refractivity contribution is -0.126. The van der Waals surface area contributed by atoms with Crippen LogP contribution in [0.3, 0.4) is 0 Å². The molecular formula is C17H23NO2. The lowest BCUT2D eigenvalue weighted by atomic mass is 9.95. The topological polar surface area (TPSA) is 29.5 Å². The standard InChI is InChI=1S/C17H23NO2/c1-3-9-18-14(2)10-17(19)11-16(18)13-20-12-15-7-5-4-6-8-15/h3-8,14,16H,1,9-13H2,2H3/t14-,16-/m0/s1. The van der Waals surface area contributed by atoms with Gasteiger partial charge in [0.2, 0.25) is 0 Å². The number of carbonyl (C=O) groups excluding carboxylic acids is 1. The highest BCUT2D eigenvalue weighted by Crippen LogP contribution is 2.21. The summed E-state index contributed by atoms with van der Waals surface area (Å²) in [5.41, 5.74) is 1.16. The number of piperidine rings is 1. The van der Waals surface area contributed by atoms with Crippen LogP contribution in [0.5, 0.6) is 0 Å². The monoisotopic (exact) mass is 273 g/mol. The van der Waals surface area contributed by atoms with Crippen LogP contribution in [0, 0.1) is 0 Å². The van der Waals surface area contributed by atoms with Crippen molar-refractivity contribution >= 4 is 5.78 Å². The van der Waals surface area contributed by atoms with E-state index in [1.54, 1.807) is 0 Å². The Morgan fingerprint density at radius 1 is 1.35 bits per heavy atom. The Labute approximate surface area is 121 Å². The first-order valence-electron chi connectivity index (χ1n) is 7.20. The number of likely N-dealkylation sites (tertiary alicyclic amines) is 1. The average molecular weight is 273 g/mol. The Hall–Kier alpha value is -1.45. The van der Waals surface area contributed by atoms with E-state index in [9.17, 15) is 4.79 Å². The van der Waals surface area contributed by atoms with E-state index in [-0.39, 0.29) is 12.1 Å². The van der Waals surface area contributed by atoms with Crippen molar-refractivity contribution in [2.24, 2.45) is 0 Å². The minimum atomic E-state index is 0.174. The van der Waals surface area contributed by atoms with Crippen molar-refractivity contribution in [3.8, 4) is 0 Å². The molecule has 1 heterocycles. The third-order valence-electron chi connectivity index (χ3n) is 3.78. The van der Waals surface area contributed by atoms with Crippen molar-refractivity contribution < 1.29 is 9.53 Å². The Kier molecular flexibility index (Phi) is 5.50. The van der Waals surface area contributed by atoms with Gasteiger partial charge in [-0.2, -0.15) is 0 Å². The smallest absolute Gasteiger partial charge is 0.136 e. The van der Waals surface area contributed by atoms with Crippen LogP contribution in [0.25, 0.3) is 0 Å². The number of hydrogen-bond donors (Lipinski definition) is 0. The summed E-state index contributed by atoms with van der Waals surface area (Å²) in [7, 11) is 0. The Morgan fingerprint density at radius 2 is 2.10 bits per heavy atom. The zero-order chi connectivity index (χ0) is 14.4. The highest BCUT2D eigenvalue weighted by molar-refractivity contribution is 5.80. The molecule has 0 N–H and O–H groups in total. The largest absolute Gasteiger partial charge is 0.375 e. The molecule has 3 heteroatoms. The van der Waals surface area contributed by atoms with E-state index < -0.39 is 0 Å². The van der Waals surface area contributed by atoms with Gasteiger partial charge in [-0.05, 0) is 12.5 Å². The van der Waals surface area contributed by atoms with Crippen LogP contribution in [0.4, 0.5) is 0 Å². The van der Waals surface area contributed by atoms with Crippen LogP contribution in [-0.4, -0.2) is 35.9 Å². The third-order valence-corrected chi connectivity index (χ3v) is 3.78. The average Bonchev–Trinajstić information content (AvgIpc) is 2.43. The lowest BCUT2D eigenvalue weighted by Crippen LogP contribution is -2.50. The molecule has 2 rings (SSSR count). The predicted octanol–water partition coefficient (Wildman–Crippen LogP) is 2.81. The fourth-order valence-electron chi connectivity index (χ4n) is 2.79. The van der Waals surface area contributed by atoms with Gasteiger partial charge in [0.1, 0.15) is 5.78 Å². The van der Waals surface area contributed by atoms with Gasteiger partial charge in [0, 0.05) is 31.5 Å². The maximum Gasteiger partial charge on any atom is 0.136 e. The summed E-state index contributed by atoms with van der Waals surface area (Å²) in [5.74, 6) is 0.339. The SMILES string of the molecule is C=CCN1[C@H](COCc2ccccc2)CC(=O)C[C@@H]1C. The highest BCUT2D eigenvalue weighted by Gasteiger charge is 2.31. The van der Waals surface area contributed by atoms with Crippen LogP contribution in [0.2, 0.25) is 0 Å². The van der Waals surface area contributed by atoms with Gasteiger partial charge in [-0.3, -0.25) is 9.69 Å². The first-order chi connectivity index (χ1) is 9.70. The van der Waals surface area contributed by atoms with Crippen LogP contribution in [-0.2, 0) is 16.1 Å². The highest BCUT2D eigenvalue weighted by atomic mass is 16.5. The number of Topliss-reactive ketones (excluding diaryl/α,β-unsaturated/α-hetero) is 1. The maximum atomic E-state index is 11.8. The molecule has 0 amide bonds. The van der Waals surface area contributed by atoms with Gasteiger partial charge in [0.05, 0.1) is 13.2 Å². The van der Waals surface area contributed by atoms with Crippen LogP contribution in [0.1, 0.15) is 25.3 Å². The van der Waals surface area contributed by atoms with Crippen molar-refractivity contribution in [1.29, 1.82) is 0 Å². The lowest BCUT2D eigenvalue weighted by Gasteiger charge is -2.39. The Bertz CT molecular complexity index is 444. The number of benzene rings is 1. The number of nitrogens with zero attached hydrogens (tertiary/aromatic N) is 1. The first kappa shape index (κ1) is 14.9. The maximum absolute atomic E-state index is 11.8. The van der Waals surface area contributed by atoms with Gasteiger partial charge in [-0.1, -0.05) is 36.4 Å². The van der Waals surface area contributed by atoms with Crippen molar-refractivity contribution in [2.75, 3.05) is 13.2 Å². The number of ketones is 1. The van der Waals surface area contributed by atoms with Gasteiger partial charge >= 0.3 is 0 Å². The predicted molar refractivity (Wildman–Crippen MR) is 80.5 cm³/mol. The minimum Gasteiger partial charge on any atom is -0.375 e. The molecule has 3 nitrogen and oxygen atoms in total. The van der Waals surface area contributed by atoms with Crippen LogP contribution >= 0.6 is 0 Å². The molecule has 0 aromatic heterocycles. The molecule has 1 fully saturated rings. The fraction of sp³-hybridized carbons (Fsp3) is 0.471. The molecule has 108 valence electrons. The first-order valence-corrected chi connectivity index (χ1v) is 7.20. The molecule has 2 atom stereocenters. The molecule has 20 heavy (non-hydrogen) atoms. The molecule has 0 saturated carbocycles. The second-order valence-corrected chi connectivity index (χ2v) is 5.44. The van der Waals surface area contributed by atoms with Crippen molar-refractivity contribution in [3.05, 3.63) is 48.6 Å². The molecule has 1 saturated heterocycles. The minimum absolute atomic E-state index is 0.174. The second-order valence-electron chi connectivity index (χ2n) is 5.44. The molecule has 0 bridgehead atoms. The van der Waals surface area contributed by atoms with E-state index in [2.05, 4.69) is 30.5 Å². The van der Waals surface area contributed by atoms with Crippen molar-refractivity contribution in [2.45, 2.75) is 38.5 Å². The van der Waals surface area contributed by atoms with Gasteiger partial charge in [-0.15, -0.1) is 6.58 Å². The van der Waals surface area contributed by atoms with E-state index in [0.29, 0.717) is 31.8 Å². The molecule has 1 aromatic rings. The summed E-state index contributed by atoms with van der Waals surface area (Å²) in [5, 5.41) is 0. The molecule has 0 unspecified atom stereocenters. The zero-order valence-corrected chi connectivity index (χ0v) is 12.1. The van der Waals surface area contributed by atoms with Crippen molar-refractivity contribution in [1.82, 2.24) is 4.90 Å². The molecule has 1 aliphatic heterocycles. The molecule has 0 radical (unpaired) electrons. The summed E-state index contributed by atoms with van der Waals surface area (Å²) < 4.78 is 5.80.